The molecule has 10 heteroatoms. The third kappa shape index (κ3) is 4.48. The van der Waals surface area contributed by atoms with Crippen LogP contribution in [-0.2, 0) is 9.59 Å². The van der Waals surface area contributed by atoms with E-state index in [4.69, 9.17) is 28.9 Å². The molecule has 0 spiro atoms. The molecule has 1 aliphatic heterocycles. The van der Waals surface area contributed by atoms with Crippen LogP contribution in [0.1, 0.15) is 22.8 Å². The fourth-order valence-electron chi connectivity index (χ4n) is 2.70. The number of carboxylic acid groups (broad SMARTS) is 1. The molecule has 0 aliphatic carbocycles. The zero-order valence-electron chi connectivity index (χ0n) is 15.5. The average Bonchev–Trinajstić information content (AvgIpc) is 2.96. The number of benzene rings is 2. The van der Waals surface area contributed by atoms with E-state index < -0.39 is 29.6 Å². The number of hydrogen-bond donors (Lipinski definition) is 3. The Morgan fingerprint density at radius 3 is 2.60 bits per heavy atom. The van der Waals surface area contributed by atoms with Gasteiger partial charge in [0, 0.05) is 16.8 Å². The van der Waals surface area contributed by atoms with Gasteiger partial charge < -0.3 is 15.5 Å². The minimum Gasteiger partial charge on any atom is -0.507 e. The Labute approximate surface area is 186 Å². The maximum absolute atomic E-state index is 12.8. The lowest BCUT2D eigenvalue weighted by Gasteiger charge is -2.22. The smallest absolute Gasteiger partial charge is 0.339 e. The van der Waals surface area contributed by atoms with Gasteiger partial charge in [0.25, 0.3) is 5.91 Å². The highest BCUT2D eigenvalue weighted by Gasteiger charge is 2.38. The number of nitrogens with one attached hydrogen (secondary N) is 1. The van der Waals surface area contributed by atoms with Crippen molar-refractivity contribution in [3.63, 3.8) is 0 Å². The number of halogens is 1. The molecule has 1 heterocycles. The fourth-order valence-corrected chi connectivity index (χ4v) is 4.30. The number of thioether (sulfide) groups is 1. The average molecular weight is 463 g/mol. The van der Waals surface area contributed by atoms with E-state index in [1.54, 1.807) is 30.3 Å². The highest BCUT2D eigenvalue weighted by Crippen LogP contribution is 2.35. The lowest BCUT2D eigenvalue weighted by Crippen LogP contribution is -2.44. The summed E-state index contributed by atoms with van der Waals surface area (Å²) in [4.78, 5) is 38.0. The molecule has 1 aliphatic rings. The minimum atomic E-state index is -1.29. The van der Waals surface area contributed by atoms with Crippen molar-refractivity contribution in [2.75, 3.05) is 5.32 Å². The summed E-state index contributed by atoms with van der Waals surface area (Å²) >= 11 is 12.5. The third-order valence-electron chi connectivity index (χ3n) is 4.28. The standard InChI is InChI=1S/C20H15ClN2O5S2/c1-10(17(25)22-12-6-7-13(19(27)28)15(24)9-12)23-18(26)16(30-20(23)29)8-11-4-2-3-5-14(11)21/h2-10,24H,1H3,(H,22,25)(H,27,28)/b16-8-/t10-/m0/s1. The molecule has 2 amide bonds. The molecule has 1 fully saturated rings. The number of thiocarbonyl (C=S) groups is 1. The van der Waals surface area contributed by atoms with Gasteiger partial charge in [-0.3, -0.25) is 14.5 Å². The fraction of sp³-hybridized carbons (Fsp3) is 0.100. The SMILES string of the molecule is C[C@@H](C(=O)Nc1ccc(C(=O)O)c(O)c1)N1C(=O)/C(=C/c2ccccc2Cl)SC1=S. The molecule has 1 atom stereocenters. The number of carbonyl (C=O) groups is 3. The first kappa shape index (κ1) is 21.8. The Kier molecular flexibility index (Phi) is 6.45. The summed E-state index contributed by atoms with van der Waals surface area (Å²) < 4.78 is 0.227. The molecule has 7 nitrogen and oxygen atoms in total. The largest absolute Gasteiger partial charge is 0.507 e. The maximum Gasteiger partial charge on any atom is 0.339 e. The molecule has 154 valence electrons. The Bertz CT molecular complexity index is 1100. The number of amides is 2. The van der Waals surface area contributed by atoms with Gasteiger partial charge >= 0.3 is 5.97 Å². The van der Waals surface area contributed by atoms with Crippen molar-refractivity contribution in [2.45, 2.75) is 13.0 Å². The molecule has 0 saturated carbocycles. The van der Waals surface area contributed by atoms with Gasteiger partial charge in [0.2, 0.25) is 5.91 Å². The maximum atomic E-state index is 12.8. The summed E-state index contributed by atoms with van der Waals surface area (Å²) in [6.07, 6.45) is 1.62. The highest BCUT2D eigenvalue weighted by atomic mass is 35.5. The van der Waals surface area contributed by atoms with Gasteiger partial charge in [0.1, 0.15) is 21.7 Å². The summed E-state index contributed by atoms with van der Waals surface area (Å²) in [5.74, 6) is -2.74. The van der Waals surface area contributed by atoms with Crippen molar-refractivity contribution in [2.24, 2.45) is 0 Å². The van der Waals surface area contributed by atoms with Crippen molar-refractivity contribution in [1.29, 1.82) is 0 Å². The van der Waals surface area contributed by atoms with Crippen molar-refractivity contribution in [3.8, 4) is 5.75 Å². The van der Waals surface area contributed by atoms with Crippen LogP contribution in [-0.4, -0.2) is 43.3 Å². The van der Waals surface area contributed by atoms with Gasteiger partial charge in [-0.1, -0.05) is 53.8 Å². The summed E-state index contributed by atoms with van der Waals surface area (Å²) in [7, 11) is 0. The summed E-state index contributed by atoms with van der Waals surface area (Å²) in [5, 5.41) is 21.8. The number of carbonyl (C=O) groups excluding carboxylic acids is 2. The zero-order chi connectivity index (χ0) is 22.0. The topological polar surface area (TPSA) is 107 Å². The number of nitrogens with zero attached hydrogens (tertiary/aromatic N) is 1. The number of carboxylic acids is 1. The molecule has 1 saturated heterocycles. The van der Waals surface area contributed by atoms with E-state index in [-0.39, 0.29) is 15.6 Å². The van der Waals surface area contributed by atoms with Crippen LogP contribution in [0.25, 0.3) is 6.08 Å². The second kappa shape index (κ2) is 8.86. The quantitative estimate of drug-likeness (QED) is 0.455. The highest BCUT2D eigenvalue weighted by molar-refractivity contribution is 8.26. The van der Waals surface area contributed by atoms with E-state index >= 15 is 0 Å². The Hall–Kier alpha value is -2.88. The summed E-state index contributed by atoms with van der Waals surface area (Å²) in [5.41, 5.74) is 0.555. The predicted molar refractivity (Wildman–Crippen MR) is 120 cm³/mol. The minimum absolute atomic E-state index is 0.186. The number of aromatic hydroxyl groups is 1. The Morgan fingerprint density at radius 1 is 1.27 bits per heavy atom. The van der Waals surface area contributed by atoms with Crippen molar-refractivity contribution >= 4 is 69.4 Å². The molecular formula is C20H15ClN2O5S2. The van der Waals surface area contributed by atoms with Crippen LogP contribution < -0.4 is 5.32 Å². The first-order valence-corrected chi connectivity index (χ1v) is 10.2. The van der Waals surface area contributed by atoms with Gasteiger partial charge in [-0.2, -0.15) is 0 Å². The van der Waals surface area contributed by atoms with Gasteiger partial charge in [-0.05, 0) is 36.8 Å². The molecule has 2 aromatic rings. The lowest BCUT2D eigenvalue weighted by molar-refractivity contribution is -0.129. The van der Waals surface area contributed by atoms with Gasteiger partial charge in [-0.25, -0.2) is 4.79 Å². The molecule has 0 aromatic heterocycles. The van der Waals surface area contributed by atoms with Gasteiger partial charge in [0.05, 0.1) is 4.91 Å². The molecule has 0 bridgehead atoms. The third-order valence-corrected chi connectivity index (χ3v) is 5.95. The number of rotatable bonds is 5. The van der Waals surface area contributed by atoms with Crippen LogP contribution in [0.15, 0.2) is 47.4 Å². The van der Waals surface area contributed by atoms with Crippen LogP contribution in [0.5, 0.6) is 5.75 Å². The van der Waals surface area contributed by atoms with Crippen molar-refractivity contribution in [3.05, 3.63) is 63.5 Å². The first-order valence-electron chi connectivity index (χ1n) is 8.58. The summed E-state index contributed by atoms with van der Waals surface area (Å²) in [6.45, 7) is 1.52. The molecule has 2 aromatic carbocycles. The van der Waals surface area contributed by atoms with E-state index in [0.29, 0.717) is 15.5 Å². The predicted octanol–water partition coefficient (Wildman–Crippen LogP) is 3.97. The monoisotopic (exact) mass is 462 g/mol. The molecule has 0 unspecified atom stereocenters. The Morgan fingerprint density at radius 2 is 1.97 bits per heavy atom. The number of phenols is 1. The van der Waals surface area contributed by atoms with Crippen molar-refractivity contribution < 1.29 is 24.6 Å². The normalized spacial score (nSPS) is 16.1. The van der Waals surface area contributed by atoms with Gasteiger partial charge in [0.15, 0.2) is 0 Å². The van der Waals surface area contributed by atoms with E-state index in [9.17, 15) is 19.5 Å². The lowest BCUT2D eigenvalue weighted by atomic mass is 10.1. The van der Waals surface area contributed by atoms with E-state index in [2.05, 4.69) is 5.32 Å². The van der Waals surface area contributed by atoms with Crippen LogP contribution in [0, 0.1) is 0 Å². The molecule has 30 heavy (non-hydrogen) atoms. The molecular weight excluding hydrogens is 448 g/mol. The Balaban J connectivity index is 1.77. The van der Waals surface area contributed by atoms with Crippen LogP contribution >= 0.6 is 35.6 Å². The molecule has 3 rings (SSSR count). The number of aromatic carboxylic acids is 1. The van der Waals surface area contributed by atoms with Gasteiger partial charge in [-0.15, -0.1) is 0 Å². The summed E-state index contributed by atoms with van der Waals surface area (Å²) in [6, 6.07) is 9.73. The van der Waals surface area contributed by atoms with E-state index in [0.717, 1.165) is 17.8 Å². The van der Waals surface area contributed by atoms with Crippen LogP contribution in [0.2, 0.25) is 5.02 Å². The number of anilines is 1. The van der Waals surface area contributed by atoms with Crippen molar-refractivity contribution in [1.82, 2.24) is 4.90 Å². The van der Waals surface area contributed by atoms with Crippen LogP contribution in [0.3, 0.4) is 0 Å². The van der Waals surface area contributed by atoms with E-state index in [1.165, 1.54) is 24.0 Å². The van der Waals surface area contributed by atoms with E-state index in [1.807, 2.05) is 0 Å². The zero-order valence-corrected chi connectivity index (χ0v) is 17.8. The molecule has 0 radical (unpaired) electrons. The first-order chi connectivity index (χ1) is 14.2. The molecule has 3 N–H and O–H groups in total. The second-order valence-electron chi connectivity index (χ2n) is 6.28. The number of hydrogen-bond acceptors (Lipinski definition) is 6. The van der Waals surface area contributed by atoms with Crippen LogP contribution in [0.4, 0.5) is 5.69 Å². The second-order valence-corrected chi connectivity index (χ2v) is 8.36.